The van der Waals surface area contributed by atoms with Gasteiger partial charge in [0.2, 0.25) is 5.95 Å². The van der Waals surface area contributed by atoms with Crippen molar-refractivity contribution < 1.29 is 4.74 Å². The number of aromatic nitrogens is 3. The average molecular weight is 280 g/mol. The van der Waals surface area contributed by atoms with Gasteiger partial charge in [-0.15, -0.1) is 0 Å². The Hall–Kier alpha value is -0.880. The van der Waals surface area contributed by atoms with Crippen LogP contribution < -0.4 is 5.73 Å². The van der Waals surface area contributed by atoms with E-state index in [1.54, 1.807) is 0 Å². The predicted molar refractivity (Wildman–Crippen MR) is 76.1 cm³/mol. The quantitative estimate of drug-likeness (QED) is 0.896. The molecule has 1 unspecified atom stereocenters. The van der Waals surface area contributed by atoms with Crippen LogP contribution >= 0.6 is 11.8 Å². The van der Waals surface area contributed by atoms with E-state index >= 15 is 0 Å². The summed E-state index contributed by atoms with van der Waals surface area (Å²) < 4.78 is 5.73. The van der Waals surface area contributed by atoms with Crippen molar-refractivity contribution in [1.29, 1.82) is 0 Å². The van der Waals surface area contributed by atoms with Crippen molar-refractivity contribution in [3.63, 3.8) is 0 Å². The molecule has 0 amide bonds. The summed E-state index contributed by atoms with van der Waals surface area (Å²) in [4.78, 5) is 13.3. The maximum atomic E-state index is 5.85. The standard InChI is InChI=1S/C13H20N4OS/c14-13-16-11(9-4-2-1-3-5-9)15-12(17-13)10-8-19-7-6-18-10/h9-10H,1-8H2,(H2,14,15,16,17). The maximum absolute atomic E-state index is 5.85. The van der Waals surface area contributed by atoms with E-state index in [-0.39, 0.29) is 6.10 Å². The third kappa shape index (κ3) is 3.17. The van der Waals surface area contributed by atoms with Crippen LogP contribution in [0.25, 0.3) is 0 Å². The van der Waals surface area contributed by atoms with Crippen LogP contribution in [-0.4, -0.2) is 33.1 Å². The molecule has 0 bridgehead atoms. The summed E-state index contributed by atoms with van der Waals surface area (Å²) in [6.07, 6.45) is 6.17. The van der Waals surface area contributed by atoms with Gasteiger partial charge in [-0.1, -0.05) is 19.3 Å². The third-order valence-corrected chi connectivity index (χ3v) is 4.76. The summed E-state index contributed by atoms with van der Waals surface area (Å²) in [5.74, 6) is 4.35. The Labute approximate surface area is 117 Å². The minimum absolute atomic E-state index is 0.0219. The predicted octanol–water partition coefficient (Wildman–Crippen LogP) is 2.31. The summed E-state index contributed by atoms with van der Waals surface area (Å²) in [5, 5.41) is 0. The number of nitrogens with zero attached hydrogens (tertiary/aromatic N) is 3. The van der Waals surface area contributed by atoms with E-state index in [1.807, 2.05) is 11.8 Å². The SMILES string of the molecule is Nc1nc(C2CCCCC2)nc(C2CSCCO2)n1. The highest BCUT2D eigenvalue weighted by molar-refractivity contribution is 7.99. The van der Waals surface area contributed by atoms with Gasteiger partial charge in [-0.2, -0.15) is 21.7 Å². The van der Waals surface area contributed by atoms with E-state index in [2.05, 4.69) is 15.0 Å². The van der Waals surface area contributed by atoms with Gasteiger partial charge in [-0.3, -0.25) is 0 Å². The molecular formula is C13H20N4OS. The second-order valence-electron chi connectivity index (χ2n) is 5.18. The van der Waals surface area contributed by atoms with Crippen LogP contribution in [0.4, 0.5) is 5.95 Å². The molecule has 0 aromatic carbocycles. The molecule has 1 aromatic heterocycles. The minimum atomic E-state index is -0.0219. The number of thioether (sulfide) groups is 1. The number of rotatable bonds is 2. The highest BCUT2D eigenvalue weighted by Gasteiger charge is 2.24. The Balaban J connectivity index is 1.82. The molecule has 19 heavy (non-hydrogen) atoms. The number of hydrogen-bond donors (Lipinski definition) is 1. The van der Waals surface area contributed by atoms with Crippen LogP contribution in [0.5, 0.6) is 0 Å². The average Bonchev–Trinajstić information content (AvgIpc) is 2.48. The van der Waals surface area contributed by atoms with Crippen LogP contribution in [0.1, 0.15) is 55.8 Å². The van der Waals surface area contributed by atoms with Crippen molar-refractivity contribution in [2.24, 2.45) is 0 Å². The Bertz CT molecular complexity index is 394. The molecule has 104 valence electrons. The van der Waals surface area contributed by atoms with E-state index in [1.165, 1.54) is 32.1 Å². The first-order valence-corrected chi connectivity index (χ1v) is 8.19. The number of nitrogen functional groups attached to an aromatic ring is 1. The zero-order valence-corrected chi connectivity index (χ0v) is 11.9. The molecular weight excluding hydrogens is 260 g/mol. The van der Waals surface area contributed by atoms with Crippen molar-refractivity contribution >= 4 is 17.7 Å². The lowest BCUT2D eigenvalue weighted by atomic mass is 9.89. The Kier molecular flexibility index (Phi) is 4.18. The molecule has 3 rings (SSSR count). The summed E-state index contributed by atoms with van der Waals surface area (Å²) in [5.41, 5.74) is 5.85. The molecule has 2 aliphatic rings. The fourth-order valence-corrected chi connectivity index (χ4v) is 3.59. The van der Waals surface area contributed by atoms with Gasteiger partial charge >= 0.3 is 0 Å². The summed E-state index contributed by atoms with van der Waals surface area (Å²) in [7, 11) is 0. The fraction of sp³-hybridized carbons (Fsp3) is 0.769. The number of nitrogens with two attached hydrogens (primary N) is 1. The van der Waals surface area contributed by atoms with Crippen molar-refractivity contribution in [1.82, 2.24) is 15.0 Å². The van der Waals surface area contributed by atoms with E-state index in [0.29, 0.717) is 11.9 Å². The molecule has 6 heteroatoms. The molecule has 1 aromatic rings. The zero-order valence-electron chi connectivity index (χ0n) is 11.0. The van der Waals surface area contributed by atoms with Gasteiger partial charge in [0.25, 0.3) is 0 Å². The van der Waals surface area contributed by atoms with Gasteiger partial charge in [-0.25, -0.2) is 4.98 Å². The van der Waals surface area contributed by atoms with Crippen LogP contribution in [0.15, 0.2) is 0 Å². The van der Waals surface area contributed by atoms with E-state index in [0.717, 1.165) is 29.8 Å². The smallest absolute Gasteiger partial charge is 0.223 e. The molecule has 1 saturated carbocycles. The Morgan fingerprint density at radius 3 is 2.58 bits per heavy atom. The van der Waals surface area contributed by atoms with Gasteiger partial charge in [0.1, 0.15) is 11.9 Å². The van der Waals surface area contributed by atoms with Crippen LogP contribution in [0, 0.1) is 0 Å². The van der Waals surface area contributed by atoms with Gasteiger partial charge in [0, 0.05) is 17.4 Å². The molecule has 1 aliphatic heterocycles. The van der Waals surface area contributed by atoms with Crippen LogP contribution in [0.3, 0.4) is 0 Å². The molecule has 1 atom stereocenters. The zero-order chi connectivity index (χ0) is 13.1. The first kappa shape index (κ1) is 13.1. The van der Waals surface area contributed by atoms with Gasteiger partial charge in [-0.05, 0) is 12.8 Å². The fourth-order valence-electron chi connectivity index (χ4n) is 2.75. The number of hydrogen-bond acceptors (Lipinski definition) is 6. The highest BCUT2D eigenvalue weighted by Crippen LogP contribution is 2.32. The van der Waals surface area contributed by atoms with Crippen LogP contribution in [-0.2, 0) is 4.74 Å². The topological polar surface area (TPSA) is 73.9 Å². The second kappa shape index (κ2) is 6.05. The van der Waals surface area contributed by atoms with E-state index < -0.39 is 0 Å². The summed E-state index contributed by atoms with van der Waals surface area (Å²) in [6.45, 7) is 0.764. The third-order valence-electron chi connectivity index (χ3n) is 3.76. The first-order valence-electron chi connectivity index (χ1n) is 7.03. The molecule has 0 radical (unpaired) electrons. The molecule has 1 saturated heterocycles. The lowest BCUT2D eigenvalue weighted by Gasteiger charge is -2.23. The summed E-state index contributed by atoms with van der Waals surface area (Å²) in [6, 6.07) is 0. The van der Waals surface area contributed by atoms with Crippen molar-refractivity contribution in [2.75, 3.05) is 23.8 Å². The highest BCUT2D eigenvalue weighted by atomic mass is 32.2. The van der Waals surface area contributed by atoms with Crippen molar-refractivity contribution in [3.05, 3.63) is 11.6 Å². The normalized spacial score (nSPS) is 25.4. The minimum Gasteiger partial charge on any atom is -0.368 e. The second-order valence-corrected chi connectivity index (χ2v) is 6.33. The summed E-state index contributed by atoms with van der Waals surface area (Å²) >= 11 is 1.88. The molecule has 0 spiro atoms. The molecule has 2 N–H and O–H groups in total. The monoisotopic (exact) mass is 280 g/mol. The Morgan fingerprint density at radius 1 is 1.05 bits per heavy atom. The lowest BCUT2D eigenvalue weighted by molar-refractivity contribution is 0.0690. The maximum Gasteiger partial charge on any atom is 0.223 e. The van der Waals surface area contributed by atoms with Crippen LogP contribution in [0.2, 0.25) is 0 Å². The Morgan fingerprint density at radius 2 is 1.84 bits per heavy atom. The largest absolute Gasteiger partial charge is 0.368 e. The van der Waals surface area contributed by atoms with Gasteiger partial charge in [0.15, 0.2) is 5.82 Å². The molecule has 2 heterocycles. The number of ether oxygens (including phenoxy) is 1. The van der Waals surface area contributed by atoms with Crippen molar-refractivity contribution in [2.45, 2.75) is 44.1 Å². The lowest BCUT2D eigenvalue weighted by Crippen LogP contribution is -2.21. The van der Waals surface area contributed by atoms with Crippen molar-refractivity contribution in [3.8, 4) is 0 Å². The van der Waals surface area contributed by atoms with Gasteiger partial charge < -0.3 is 10.5 Å². The number of anilines is 1. The van der Waals surface area contributed by atoms with E-state index in [9.17, 15) is 0 Å². The first-order chi connectivity index (χ1) is 9.33. The molecule has 5 nitrogen and oxygen atoms in total. The molecule has 2 fully saturated rings. The van der Waals surface area contributed by atoms with E-state index in [4.69, 9.17) is 10.5 Å². The molecule has 1 aliphatic carbocycles. The van der Waals surface area contributed by atoms with Gasteiger partial charge in [0.05, 0.1) is 6.61 Å².